The van der Waals surface area contributed by atoms with Gasteiger partial charge in [-0.25, -0.2) is 4.79 Å². The molecule has 0 radical (unpaired) electrons. The first-order valence-electron chi connectivity index (χ1n) is 6.72. The zero-order valence-electron chi connectivity index (χ0n) is 12.4. The first kappa shape index (κ1) is 14.5. The Bertz CT molecular complexity index is 493. The maximum atomic E-state index is 12.3. The SMILES string of the molecule is COc1ccc2c(c1)OCCCN2C(=O)OC(C)(C)C. The molecule has 1 aliphatic heterocycles. The second-order valence-electron chi connectivity index (χ2n) is 5.67. The lowest BCUT2D eigenvalue weighted by Crippen LogP contribution is -2.37. The second-order valence-corrected chi connectivity index (χ2v) is 5.67. The molecule has 5 heteroatoms. The Morgan fingerprint density at radius 1 is 1.35 bits per heavy atom. The summed E-state index contributed by atoms with van der Waals surface area (Å²) in [5.74, 6) is 1.35. The molecule has 1 heterocycles. The summed E-state index contributed by atoms with van der Waals surface area (Å²) in [6, 6.07) is 5.42. The molecule has 0 saturated carbocycles. The van der Waals surface area contributed by atoms with E-state index in [-0.39, 0.29) is 6.09 Å². The van der Waals surface area contributed by atoms with E-state index in [1.54, 1.807) is 18.1 Å². The van der Waals surface area contributed by atoms with Crippen molar-refractivity contribution in [1.29, 1.82) is 0 Å². The maximum absolute atomic E-state index is 12.3. The fourth-order valence-corrected chi connectivity index (χ4v) is 1.99. The number of carbonyl (C=O) groups excluding carboxylic acids is 1. The van der Waals surface area contributed by atoms with E-state index >= 15 is 0 Å². The monoisotopic (exact) mass is 279 g/mol. The molecule has 20 heavy (non-hydrogen) atoms. The minimum Gasteiger partial charge on any atom is -0.497 e. The van der Waals surface area contributed by atoms with Crippen LogP contribution in [0.5, 0.6) is 11.5 Å². The van der Waals surface area contributed by atoms with E-state index < -0.39 is 5.60 Å². The van der Waals surface area contributed by atoms with Gasteiger partial charge in [0.05, 0.1) is 19.4 Å². The number of amides is 1. The number of anilines is 1. The summed E-state index contributed by atoms with van der Waals surface area (Å²) < 4.78 is 16.3. The molecule has 110 valence electrons. The van der Waals surface area contributed by atoms with Crippen molar-refractivity contribution in [1.82, 2.24) is 0 Å². The van der Waals surface area contributed by atoms with Gasteiger partial charge in [-0.15, -0.1) is 0 Å². The van der Waals surface area contributed by atoms with E-state index in [0.29, 0.717) is 24.7 Å². The minimum atomic E-state index is -0.517. The normalized spacial score (nSPS) is 14.9. The van der Waals surface area contributed by atoms with Gasteiger partial charge in [0, 0.05) is 12.6 Å². The molecule has 0 aromatic heterocycles. The van der Waals surface area contributed by atoms with E-state index in [4.69, 9.17) is 14.2 Å². The lowest BCUT2D eigenvalue weighted by molar-refractivity contribution is 0.0581. The number of carbonyl (C=O) groups is 1. The van der Waals surface area contributed by atoms with Crippen molar-refractivity contribution in [2.45, 2.75) is 32.8 Å². The van der Waals surface area contributed by atoms with Crippen LogP contribution < -0.4 is 14.4 Å². The van der Waals surface area contributed by atoms with Crippen LogP contribution in [-0.4, -0.2) is 32.0 Å². The van der Waals surface area contributed by atoms with Crippen molar-refractivity contribution in [2.75, 3.05) is 25.2 Å². The topological polar surface area (TPSA) is 48.0 Å². The number of methoxy groups -OCH3 is 1. The Morgan fingerprint density at radius 2 is 2.10 bits per heavy atom. The number of fused-ring (bicyclic) bond motifs is 1. The largest absolute Gasteiger partial charge is 0.497 e. The molecule has 0 atom stereocenters. The Morgan fingerprint density at radius 3 is 2.75 bits per heavy atom. The standard InChI is InChI=1S/C15H21NO4/c1-15(2,3)20-14(17)16-8-5-9-19-13-10-11(18-4)6-7-12(13)16/h6-7,10H,5,8-9H2,1-4H3. The van der Waals surface area contributed by atoms with Gasteiger partial charge in [-0.3, -0.25) is 4.90 Å². The first-order chi connectivity index (χ1) is 9.40. The highest BCUT2D eigenvalue weighted by molar-refractivity contribution is 5.90. The van der Waals surface area contributed by atoms with Crippen LogP contribution in [0.3, 0.4) is 0 Å². The number of rotatable bonds is 1. The summed E-state index contributed by atoms with van der Waals surface area (Å²) in [6.07, 6.45) is 0.408. The predicted octanol–water partition coefficient (Wildman–Crippen LogP) is 3.22. The van der Waals surface area contributed by atoms with Gasteiger partial charge in [0.25, 0.3) is 0 Å². The molecule has 0 aliphatic carbocycles. The molecule has 0 unspecified atom stereocenters. The van der Waals surface area contributed by atoms with Gasteiger partial charge in [-0.05, 0) is 39.3 Å². The van der Waals surface area contributed by atoms with Gasteiger partial charge in [0.1, 0.15) is 17.1 Å². The summed E-state index contributed by atoms with van der Waals surface area (Å²) in [7, 11) is 1.60. The highest BCUT2D eigenvalue weighted by atomic mass is 16.6. The van der Waals surface area contributed by atoms with Crippen molar-refractivity contribution in [3.05, 3.63) is 18.2 Å². The predicted molar refractivity (Wildman–Crippen MR) is 76.7 cm³/mol. The molecule has 1 amide bonds. The van der Waals surface area contributed by atoms with Crippen molar-refractivity contribution in [3.8, 4) is 11.5 Å². The summed E-state index contributed by atoms with van der Waals surface area (Å²) in [4.78, 5) is 13.9. The minimum absolute atomic E-state index is 0.352. The molecule has 1 aliphatic rings. The summed E-state index contributed by atoms with van der Waals surface area (Å²) in [5.41, 5.74) is 0.203. The summed E-state index contributed by atoms with van der Waals surface area (Å²) in [5, 5.41) is 0. The van der Waals surface area contributed by atoms with E-state index in [1.165, 1.54) is 0 Å². The van der Waals surface area contributed by atoms with Crippen LogP contribution >= 0.6 is 0 Å². The van der Waals surface area contributed by atoms with Crippen molar-refractivity contribution in [2.24, 2.45) is 0 Å². The number of nitrogens with zero attached hydrogens (tertiary/aromatic N) is 1. The average molecular weight is 279 g/mol. The van der Waals surface area contributed by atoms with Gasteiger partial charge in [-0.1, -0.05) is 0 Å². The molecule has 0 bridgehead atoms. The van der Waals surface area contributed by atoms with Crippen LogP contribution in [-0.2, 0) is 4.74 Å². The Labute approximate surface area is 119 Å². The Balaban J connectivity index is 2.29. The third kappa shape index (κ3) is 3.35. The zero-order chi connectivity index (χ0) is 14.8. The lowest BCUT2D eigenvalue weighted by atomic mass is 10.2. The van der Waals surface area contributed by atoms with Crippen LogP contribution in [0.2, 0.25) is 0 Å². The van der Waals surface area contributed by atoms with Gasteiger partial charge < -0.3 is 14.2 Å². The van der Waals surface area contributed by atoms with Crippen LogP contribution in [0.25, 0.3) is 0 Å². The smallest absolute Gasteiger partial charge is 0.414 e. The molecule has 0 fully saturated rings. The van der Waals surface area contributed by atoms with Crippen LogP contribution in [0.4, 0.5) is 10.5 Å². The highest BCUT2D eigenvalue weighted by Gasteiger charge is 2.27. The van der Waals surface area contributed by atoms with Crippen LogP contribution in [0.15, 0.2) is 18.2 Å². The summed E-state index contributed by atoms with van der Waals surface area (Å²) >= 11 is 0. The fraction of sp³-hybridized carbons (Fsp3) is 0.533. The number of hydrogen-bond acceptors (Lipinski definition) is 4. The lowest BCUT2D eigenvalue weighted by Gasteiger charge is -2.27. The Kier molecular flexibility index (Phi) is 4.06. The van der Waals surface area contributed by atoms with E-state index in [9.17, 15) is 4.79 Å². The Hall–Kier alpha value is -1.91. The van der Waals surface area contributed by atoms with Crippen LogP contribution in [0.1, 0.15) is 27.2 Å². The molecule has 1 aromatic carbocycles. The quantitative estimate of drug-likeness (QED) is 0.792. The molecule has 1 aromatic rings. The van der Waals surface area contributed by atoms with Gasteiger partial charge in [0.15, 0.2) is 0 Å². The molecular formula is C15H21NO4. The number of hydrogen-bond donors (Lipinski definition) is 0. The molecular weight excluding hydrogens is 258 g/mol. The second kappa shape index (κ2) is 5.61. The zero-order valence-corrected chi connectivity index (χ0v) is 12.4. The van der Waals surface area contributed by atoms with Crippen molar-refractivity contribution >= 4 is 11.8 Å². The van der Waals surface area contributed by atoms with Gasteiger partial charge in [-0.2, -0.15) is 0 Å². The van der Waals surface area contributed by atoms with Crippen LogP contribution in [0, 0.1) is 0 Å². The fourth-order valence-electron chi connectivity index (χ4n) is 1.99. The van der Waals surface area contributed by atoms with Gasteiger partial charge in [0.2, 0.25) is 0 Å². The number of benzene rings is 1. The third-order valence-corrected chi connectivity index (χ3v) is 2.86. The van der Waals surface area contributed by atoms with E-state index in [1.807, 2.05) is 32.9 Å². The third-order valence-electron chi connectivity index (χ3n) is 2.86. The molecule has 5 nitrogen and oxygen atoms in total. The van der Waals surface area contributed by atoms with Crippen molar-refractivity contribution < 1.29 is 19.0 Å². The molecule has 2 rings (SSSR count). The molecule has 0 saturated heterocycles. The molecule has 0 N–H and O–H groups in total. The molecule has 0 spiro atoms. The van der Waals surface area contributed by atoms with E-state index in [0.717, 1.165) is 12.1 Å². The first-order valence-corrected chi connectivity index (χ1v) is 6.72. The number of ether oxygens (including phenoxy) is 3. The average Bonchev–Trinajstić information content (AvgIpc) is 2.57. The van der Waals surface area contributed by atoms with Gasteiger partial charge >= 0.3 is 6.09 Å². The summed E-state index contributed by atoms with van der Waals surface area (Å²) in [6.45, 7) is 6.71. The maximum Gasteiger partial charge on any atom is 0.414 e. The highest BCUT2D eigenvalue weighted by Crippen LogP contribution is 2.35. The van der Waals surface area contributed by atoms with Crippen molar-refractivity contribution in [3.63, 3.8) is 0 Å². The van der Waals surface area contributed by atoms with E-state index in [2.05, 4.69) is 0 Å².